The van der Waals surface area contributed by atoms with Gasteiger partial charge in [0, 0.05) is 6.42 Å². The minimum absolute atomic E-state index is 0.154. The Morgan fingerprint density at radius 3 is 2.76 bits per heavy atom. The molecule has 0 aliphatic carbocycles. The van der Waals surface area contributed by atoms with Crippen molar-refractivity contribution in [3.63, 3.8) is 0 Å². The first-order valence-corrected chi connectivity index (χ1v) is 5.53. The fourth-order valence-electron chi connectivity index (χ4n) is 1.55. The second-order valence-electron chi connectivity index (χ2n) is 4.32. The van der Waals surface area contributed by atoms with E-state index >= 15 is 0 Å². The third-order valence-corrected chi connectivity index (χ3v) is 2.84. The summed E-state index contributed by atoms with van der Waals surface area (Å²) < 4.78 is 28.4. The summed E-state index contributed by atoms with van der Waals surface area (Å²) in [5.41, 5.74) is 0. The van der Waals surface area contributed by atoms with E-state index < -0.39 is 29.1 Å². The number of methoxy groups -OCH3 is 1. The van der Waals surface area contributed by atoms with Gasteiger partial charge in [0.1, 0.15) is 6.10 Å². The standard InChI is InChI=1S/C10H16ClFO5/c1-9(2)16-5-6(17-9)4-7(13)10(11,12)8(14)15-3/h6-7,13H,4-5H2,1-3H3/t6-,7+,10-/m0/s1. The zero-order valence-corrected chi connectivity index (χ0v) is 10.7. The van der Waals surface area contributed by atoms with Gasteiger partial charge in [0.15, 0.2) is 5.79 Å². The second kappa shape index (κ2) is 5.06. The van der Waals surface area contributed by atoms with E-state index in [2.05, 4.69) is 4.74 Å². The number of alkyl halides is 2. The molecule has 1 fully saturated rings. The van der Waals surface area contributed by atoms with Gasteiger partial charge in [0.2, 0.25) is 0 Å². The van der Waals surface area contributed by atoms with Crippen LogP contribution in [0.1, 0.15) is 20.3 Å². The van der Waals surface area contributed by atoms with Crippen LogP contribution in [0.25, 0.3) is 0 Å². The number of esters is 1. The van der Waals surface area contributed by atoms with Crippen LogP contribution < -0.4 is 0 Å². The lowest BCUT2D eigenvalue weighted by Gasteiger charge is -2.24. The molecule has 100 valence electrons. The van der Waals surface area contributed by atoms with Gasteiger partial charge < -0.3 is 19.3 Å². The van der Waals surface area contributed by atoms with E-state index in [9.17, 15) is 14.3 Å². The Morgan fingerprint density at radius 1 is 1.76 bits per heavy atom. The van der Waals surface area contributed by atoms with Crippen molar-refractivity contribution in [3.8, 4) is 0 Å². The van der Waals surface area contributed by atoms with Crippen LogP contribution in [0.15, 0.2) is 0 Å². The van der Waals surface area contributed by atoms with Crippen molar-refractivity contribution in [3.05, 3.63) is 0 Å². The van der Waals surface area contributed by atoms with Crippen LogP contribution in [-0.2, 0) is 19.0 Å². The molecule has 0 amide bonds. The predicted octanol–water partition coefficient (Wildman–Crippen LogP) is 0.966. The van der Waals surface area contributed by atoms with Gasteiger partial charge in [-0.3, -0.25) is 0 Å². The van der Waals surface area contributed by atoms with Crippen molar-refractivity contribution in [1.29, 1.82) is 0 Å². The molecule has 1 aliphatic rings. The van der Waals surface area contributed by atoms with Crippen molar-refractivity contribution >= 4 is 17.6 Å². The molecule has 0 unspecified atom stereocenters. The number of aliphatic hydroxyl groups is 1. The van der Waals surface area contributed by atoms with Crippen LogP contribution in [-0.4, -0.2) is 47.9 Å². The van der Waals surface area contributed by atoms with E-state index in [1.54, 1.807) is 13.8 Å². The van der Waals surface area contributed by atoms with Crippen LogP contribution in [0.2, 0.25) is 0 Å². The van der Waals surface area contributed by atoms with Gasteiger partial charge in [-0.25, -0.2) is 9.18 Å². The molecule has 1 heterocycles. The average Bonchev–Trinajstić information content (AvgIpc) is 2.56. The fourth-order valence-corrected chi connectivity index (χ4v) is 1.71. The van der Waals surface area contributed by atoms with Crippen LogP contribution >= 0.6 is 11.6 Å². The highest BCUT2D eigenvalue weighted by Gasteiger charge is 2.47. The molecule has 0 aromatic heterocycles. The van der Waals surface area contributed by atoms with Crippen molar-refractivity contribution in [2.24, 2.45) is 0 Å². The van der Waals surface area contributed by atoms with Gasteiger partial charge >= 0.3 is 11.1 Å². The predicted molar refractivity (Wildman–Crippen MR) is 57.2 cm³/mol. The first-order valence-electron chi connectivity index (χ1n) is 5.15. The number of carbonyl (C=O) groups excluding carboxylic acids is 1. The number of hydrogen-bond acceptors (Lipinski definition) is 5. The maximum Gasteiger partial charge on any atom is 0.362 e. The van der Waals surface area contributed by atoms with Crippen molar-refractivity contribution in [2.45, 2.75) is 43.4 Å². The zero-order valence-electron chi connectivity index (χ0n) is 9.91. The van der Waals surface area contributed by atoms with Gasteiger partial charge in [-0.2, -0.15) is 0 Å². The van der Waals surface area contributed by atoms with Crippen LogP contribution in [0.5, 0.6) is 0 Å². The topological polar surface area (TPSA) is 65.0 Å². The monoisotopic (exact) mass is 270 g/mol. The molecule has 1 saturated heterocycles. The molecular formula is C10H16ClFO5. The molecule has 3 atom stereocenters. The van der Waals surface area contributed by atoms with Crippen molar-refractivity contribution in [2.75, 3.05) is 13.7 Å². The summed E-state index contributed by atoms with van der Waals surface area (Å²) in [6.07, 6.45) is -2.39. The first-order chi connectivity index (χ1) is 7.69. The Hall–Kier alpha value is -0.430. The van der Waals surface area contributed by atoms with Gasteiger partial charge in [0.25, 0.3) is 0 Å². The summed E-state index contributed by atoms with van der Waals surface area (Å²) in [4.78, 5) is 11.0. The lowest BCUT2D eigenvalue weighted by molar-refractivity contribution is -0.158. The normalized spacial score (nSPS) is 28.5. The van der Waals surface area contributed by atoms with Crippen molar-refractivity contribution in [1.82, 2.24) is 0 Å². The van der Waals surface area contributed by atoms with Gasteiger partial charge in [-0.15, -0.1) is 0 Å². The lowest BCUT2D eigenvalue weighted by atomic mass is 10.1. The molecular weight excluding hydrogens is 255 g/mol. The van der Waals surface area contributed by atoms with Gasteiger partial charge in [0.05, 0.1) is 19.8 Å². The molecule has 5 nitrogen and oxygen atoms in total. The average molecular weight is 271 g/mol. The van der Waals surface area contributed by atoms with E-state index in [0.29, 0.717) is 0 Å². The van der Waals surface area contributed by atoms with E-state index in [1.807, 2.05) is 0 Å². The van der Waals surface area contributed by atoms with Gasteiger partial charge in [-0.1, -0.05) is 11.6 Å². The molecule has 17 heavy (non-hydrogen) atoms. The Kier molecular flexibility index (Phi) is 4.35. The Labute approximate surface area is 104 Å². The molecule has 1 N–H and O–H groups in total. The Balaban J connectivity index is 2.55. The Bertz CT molecular complexity index is 294. The fraction of sp³-hybridized carbons (Fsp3) is 0.900. The molecule has 0 saturated carbocycles. The van der Waals surface area contributed by atoms with E-state index in [1.165, 1.54) is 0 Å². The third kappa shape index (κ3) is 3.51. The number of rotatable bonds is 4. The maximum atomic E-state index is 13.7. The van der Waals surface area contributed by atoms with E-state index in [4.69, 9.17) is 21.1 Å². The van der Waals surface area contributed by atoms with Crippen molar-refractivity contribution < 1.29 is 28.5 Å². The van der Waals surface area contributed by atoms with Crippen LogP contribution in [0, 0.1) is 0 Å². The molecule has 7 heteroatoms. The minimum atomic E-state index is -2.97. The molecule has 0 aromatic rings. The summed E-state index contributed by atoms with van der Waals surface area (Å²) in [6.45, 7) is 3.60. The summed E-state index contributed by atoms with van der Waals surface area (Å²) in [7, 11) is 0.990. The number of carbonyl (C=O) groups is 1. The molecule has 0 bridgehead atoms. The molecule has 1 rings (SSSR count). The number of hydrogen-bond donors (Lipinski definition) is 1. The highest BCUT2D eigenvalue weighted by molar-refractivity contribution is 6.33. The number of ether oxygens (including phenoxy) is 3. The molecule has 0 spiro atoms. The smallest absolute Gasteiger partial charge is 0.362 e. The maximum absolute atomic E-state index is 13.7. The Morgan fingerprint density at radius 2 is 2.35 bits per heavy atom. The summed E-state index contributed by atoms with van der Waals surface area (Å²) in [6, 6.07) is 0. The summed E-state index contributed by atoms with van der Waals surface area (Å²) in [5, 5.41) is 6.60. The lowest BCUT2D eigenvalue weighted by Crippen LogP contribution is -2.43. The SMILES string of the molecule is COC(=O)[C@](F)(Cl)[C@H](O)C[C@H]1COC(C)(C)O1. The first kappa shape index (κ1) is 14.6. The van der Waals surface area contributed by atoms with Gasteiger partial charge in [-0.05, 0) is 13.8 Å². The zero-order chi connectivity index (χ0) is 13.3. The highest BCUT2D eigenvalue weighted by atomic mass is 35.5. The third-order valence-electron chi connectivity index (χ3n) is 2.43. The highest BCUT2D eigenvalue weighted by Crippen LogP contribution is 2.31. The van der Waals surface area contributed by atoms with Crippen LogP contribution in [0.3, 0.4) is 0 Å². The molecule has 0 radical (unpaired) electrons. The van der Waals surface area contributed by atoms with E-state index in [-0.39, 0.29) is 13.0 Å². The second-order valence-corrected chi connectivity index (χ2v) is 4.87. The molecule has 1 aliphatic heterocycles. The molecule has 0 aromatic carbocycles. The van der Waals surface area contributed by atoms with Crippen LogP contribution in [0.4, 0.5) is 4.39 Å². The van der Waals surface area contributed by atoms with E-state index in [0.717, 1.165) is 7.11 Å². The summed E-state index contributed by atoms with van der Waals surface area (Å²) >= 11 is 5.30. The number of aliphatic hydroxyl groups excluding tert-OH is 1. The minimum Gasteiger partial charge on any atom is -0.466 e. The largest absolute Gasteiger partial charge is 0.466 e. The quantitative estimate of drug-likeness (QED) is 0.609. The number of halogens is 2. The summed E-state index contributed by atoms with van der Waals surface area (Å²) in [5.74, 6) is -2.11.